The fourth-order valence-electron chi connectivity index (χ4n) is 4.05. The maximum absolute atomic E-state index is 13.5. The van der Waals surface area contributed by atoms with E-state index in [9.17, 15) is 14.3 Å². The van der Waals surface area contributed by atoms with E-state index >= 15 is 0 Å². The smallest absolute Gasteiger partial charge is 0.305 e. The molecule has 0 fully saturated rings. The number of unbranched alkanes of at least 4 members (excludes halogenated alkanes) is 1. The molecule has 0 aliphatic heterocycles. The van der Waals surface area contributed by atoms with E-state index in [2.05, 4.69) is 27.8 Å². The van der Waals surface area contributed by atoms with Crippen molar-refractivity contribution in [2.75, 3.05) is 0 Å². The summed E-state index contributed by atoms with van der Waals surface area (Å²) in [6, 6.07) is 23.0. The summed E-state index contributed by atoms with van der Waals surface area (Å²) in [5.41, 5.74) is 3.74. The summed E-state index contributed by atoms with van der Waals surface area (Å²) >= 11 is 0. The number of aromatic nitrogens is 4. The van der Waals surface area contributed by atoms with Crippen molar-refractivity contribution in [1.82, 2.24) is 25.5 Å². The third kappa shape index (κ3) is 6.16. The molecule has 4 rings (SSSR count). The molecule has 3 aromatic carbocycles. The molecule has 35 heavy (non-hydrogen) atoms. The minimum absolute atomic E-state index is 0.180. The second-order valence-corrected chi connectivity index (χ2v) is 8.40. The van der Waals surface area contributed by atoms with Crippen LogP contribution in [0.4, 0.5) is 4.39 Å². The Morgan fingerprint density at radius 3 is 2.29 bits per heavy atom. The molecule has 2 N–H and O–H groups in total. The van der Waals surface area contributed by atoms with E-state index in [1.165, 1.54) is 12.1 Å². The van der Waals surface area contributed by atoms with Gasteiger partial charge in [0.1, 0.15) is 5.82 Å². The highest BCUT2D eigenvalue weighted by Crippen LogP contribution is 2.29. The first-order valence-corrected chi connectivity index (χ1v) is 11.7. The summed E-state index contributed by atoms with van der Waals surface area (Å²) in [5.74, 6) is -0.738. The van der Waals surface area contributed by atoms with Crippen LogP contribution in [0.15, 0.2) is 78.9 Å². The van der Waals surface area contributed by atoms with Crippen molar-refractivity contribution in [2.24, 2.45) is 0 Å². The Balaban J connectivity index is 1.72. The number of aliphatic carboxylic acids is 1. The molecule has 1 heterocycles. The van der Waals surface area contributed by atoms with E-state index < -0.39 is 18.1 Å². The zero-order valence-corrected chi connectivity index (χ0v) is 19.5. The lowest BCUT2D eigenvalue weighted by atomic mass is 9.97. The van der Waals surface area contributed by atoms with Gasteiger partial charge in [-0.3, -0.25) is 10.1 Å². The summed E-state index contributed by atoms with van der Waals surface area (Å²) in [4.78, 5) is 11.7. The molecule has 1 aromatic heterocycles. The van der Waals surface area contributed by atoms with E-state index in [1.807, 2.05) is 54.6 Å². The number of aryl methyl sites for hydroxylation is 1. The molecule has 0 radical (unpaired) electrons. The Morgan fingerprint density at radius 2 is 1.63 bits per heavy atom. The van der Waals surface area contributed by atoms with Gasteiger partial charge in [0, 0.05) is 12.6 Å². The molecule has 0 saturated heterocycles. The van der Waals surface area contributed by atoms with Crippen LogP contribution in [-0.2, 0) is 11.3 Å². The minimum atomic E-state index is -0.962. The van der Waals surface area contributed by atoms with Crippen molar-refractivity contribution in [1.29, 1.82) is 0 Å². The quantitative estimate of drug-likeness (QED) is 0.312. The number of hydrogen-bond donors (Lipinski definition) is 2. The van der Waals surface area contributed by atoms with Gasteiger partial charge in [-0.2, -0.15) is 0 Å². The Morgan fingerprint density at radius 1 is 0.971 bits per heavy atom. The molecule has 2 atom stereocenters. The summed E-state index contributed by atoms with van der Waals surface area (Å²) in [7, 11) is 0. The fraction of sp³-hybridized carbons (Fsp3) is 0.259. The molecule has 0 saturated carbocycles. The maximum atomic E-state index is 13.5. The number of nitrogens with zero attached hydrogens (tertiary/aromatic N) is 4. The molecule has 4 aromatic rings. The summed E-state index contributed by atoms with van der Waals surface area (Å²) in [6.07, 6.45) is 1.72. The largest absolute Gasteiger partial charge is 0.481 e. The van der Waals surface area contributed by atoms with Gasteiger partial charge >= 0.3 is 5.97 Å². The van der Waals surface area contributed by atoms with Crippen molar-refractivity contribution in [3.63, 3.8) is 0 Å². The van der Waals surface area contributed by atoms with Crippen LogP contribution < -0.4 is 5.32 Å². The minimum Gasteiger partial charge on any atom is -0.481 e. The SMILES string of the molecule is CCCCn1nnnc1C(NC(CC(=O)O)c1ccc(F)cc1)c1ccc(-c2ccccc2)cc1. The van der Waals surface area contributed by atoms with Gasteiger partial charge in [-0.1, -0.05) is 80.1 Å². The van der Waals surface area contributed by atoms with Crippen LogP contribution in [0.1, 0.15) is 55.2 Å². The molecule has 0 bridgehead atoms. The number of rotatable bonds is 11. The average molecular weight is 474 g/mol. The number of benzene rings is 3. The topological polar surface area (TPSA) is 92.9 Å². The molecule has 0 spiro atoms. The first kappa shape index (κ1) is 24.2. The van der Waals surface area contributed by atoms with E-state index in [1.54, 1.807) is 16.8 Å². The van der Waals surface area contributed by atoms with Gasteiger partial charge in [-0.25, -0.2) is 9.07 Å². The predicted octanol–water partition coefficient (Wildman–Crippen LogP) is 5.17. The van der Waals surface area contributed by atoms with Crippen LogP contribution in [-0.4, -0.2) is 31.3 Å². The van der Waals surface area contributed by atoms with Crippen molar-refractivity contribution in [2.45, 2.75) is 44.8 Å². The number of tetrazole rings is 1. The van der Waals surface area contributed by atoms with Crippen molar-refractivity contribution < 1.29 is 14.3 Å². The van der Waals surface area contributed by atoms with Gasteiger partial charge < -0.3 is 5.11 Å². The highest BCUT2D eigenvalue weighted by Gasteiger charge is 2.26. The van der Waals surface area contributed by atoms with E-state index in [0.29, 0.717) is 17.9 Å². The van der Waals surface area contributed by atoms with E-state index in [4.69, 9.17) is 0 Å². The lowest BCUT2D eigenvalue weighted by molar-refractivity contribution is -0.137. The fourth-order valence-corrected chi connectivity index (χ4v) is 4.05. The first-order chi connectivity index (χ1) is 17.0. The van der Waals surface area contributed by atoms with Crippen LogP contribution in [0.5, 0.6) is 0 Å². The van der Waals surface area contributed by atoms with Crippen molar-refractivity contribution >= 4 is 5.97 Å². The lowest BCUT2D eigenvalue weighted by Gasteiger charge is -2.25. The van der Waals surface area contributed by atoms with Crippen LogP contribution in [0.3, 0.4) is 0 Å². The van der Waals surface area contributed by atoms with Gasteiger partial charge in [0.25, 0.3) is 0 Å². The Hall–Kier alpha value is -3.91. The maximum Gasteiger partial charge on any atom is 0.305 e. The highest BCUT2D eigenvalue weighted by molar-refractivity contribution is 5.68. The number of carboxylic acids is 1. The molecule has 0 aliphatic rings. The van der Waals surface area contributed by atoms with E-state index in [-0.39, 0.29) is 12.2 Å². The molecule has 8 heteroatoms. The summed E-state index contributed by atoms with van der Waals surface area (Å²) < 4.78 is 15.3. The van der Waals surface area contributed by atoms with Gasteiger partial charge in [-0.05, 0) is 51.2 Å². The van der Waals surface area contributed by atoms with Crippen molar-refractivity contribution in [3.05, 3.63) is 102 Å². The predicted molar refractivity (Wildman–Crippen MR) is 131 cm³/mol. The summed E-state index contributed by atoms with van der Waals surface area (Å²) in [5, 5.41) is 25.4. The Labute approximate surface area is 203 Å². The van der Waals surface area contributed by atoms with E-state index in [0.717, 1.165) is 29.5 Å². The zero-order chi connectivity index (χ0) is 24.6. The average Bonchev–Trinajstić information content (AvgIpc) is 3.34. The Bertz CT molecular complexity index is 1230. The zero-order valence-electron chi connectivity index (χ0n) is 19.5. The second-order valence-electron chi connectivity index (χ2n) is 8.40. The molecule has 7 nitrogen and oxygen atoms in total. The summed E-state index contributed by atoms with van der Waals surface area (Å²) in [6.45, 7) is 2.75. The van der Waals surface area contributed by atoms with Gasteiger partial charge in [0.15, 0.2) is 5.82 Å². The molecule has 0 aliphatic carbocycles. The molecular formula is C27H28FN5O2. The lowest BCUT2D eigenvalue weighted by Crippen LogP contribution is -2.31. The second kappa shape index (κ2) is 11.5. The molecular weight excluding hydrogens is 445 g/mol. The van der Waals surface area contributed by atoms with Crippen LogP contribution in [0, 0.1) is 5.82 Å². The van der Waals surface area contributed by atoms with Crippen LogP contribution in [0.25, 0.3) is 11.1 Å². The first-order valence-electron chi connectivity index (χ1n) is 11.7. The van der Waals surface area contributed by atoms with Gasteiger partial charge in [0.05, 0.1) is 12.5 Å². The third-order valence-corrected chi connectivity index (χ3v) is 5.91. The number of hydrogen-bond acceptors (Lipinski definition) is 5. The van der Waals surface area contributed by atoms with Gasteiger partial charge in [-0.15, -0.1) is 5.10 Å². The molecule has 0 amide bonds. The van der Waals surface area contributed by atoms with Crippen LogP contribution >= 0.6 is 0 Å². The number of nitrogens with one attached hydrogen (secondary N) is 1. The molecule has 180 valence electrons. The monoisotopic (exact) mass is 473 g/mol. The van der Waals surface area contributed by atoms with Crippen LogP contribution in [0.2, 0.25) is 0 Å². The highest BCUT2D eigenvalue weighted by atomic mass is 19.1. The number of carboxylic acid groups (broad SMARTS) is 1. The third-order valence-electron chi connectivity index (χ3n) is 5.91. The normalized spacial score (nSPS) is 12.9. The van der Waals surface area contributed by atoms with Gasteiger partial charge in [0.2, 0.25) is 0 Å². The number of halogens is 1. The molecule has 2 unspecified atom stereocenters. The standard InChI is InChI=1S/C27H28FN5O2/c1-2-3-17-33-27(30-31-32-33)26(22-11-9-20(10-12-22)19-7-5-4-6-8-19)29-24(18-25(34)35)21-13-15-23(28)16-14-21/h4-16,24,26,29H,2-3,17-18H2,1H3,(H,34,35). The Kier molecular flexibility index (Phi) is 7.95. The number of carbonyl (C=O) groups is 1. The van der Waals surface area contributed by atoms with Crippen molar-refractivity contribution in [3.8, 4) is 11.1 Å².